The van der Waals surface area contributed by atoms with Crippen LogP contribution in [0.2, 0.25) is 0 Å². The third-order valence-electron chi connectivity index (χ3n) is 6.08. The number of rotatable bonds is 8. The van der Waals surface area contributed by atoms with Crippen LogP contribution in [0.15, 0.2) is 48.5 Å². The lowest BCUT2D eigenvalue weighted by atomic mass is 9.92. The first kappa shape index (κ1) is 25.0. The second kappa shape index (κ2) is 10.3. The molecule has 6 atom stereocenters. The molecule has 2 aliphatic rings. The van der Waals surface area contributed by atoms with Crippen molar-refractivity contribution >= 4 is 17.6 Å². The number of aromatic hydroxyl groups is 1. The normalized spacial score (nSPS) is 29.9. The van der Waals surface area contributed by atoms with Gasteiger partial charge in [0.25, 0.3) is 5.91 Å². The second-order valence-corrected chi connectivity index (χ2v) is 8.52. The van der Waals surface area contributed by atoms with Crippen LogP contribution in [0.5, 0.6) is 5.75 Å². The highest BCUT2D eigenvalue weighted by Crippen LogP contribution is 2.38. The van der Waals surface area contributed by atoms with Crippen molar-refractivity contribution in [2.24, 2.45) is 0 Å². The van der Waals surface area contributed by atoms with Crippen LogP contribution < -0.4 is 5.32 Å². The fourth-order valence-corrected chi connectivity index (χ4v) is 4.06. The van der Waals surface area contributed by atoms with Gasteiger partial charge in [0.05, 0.1) is 13.0 Å². The van der Waals surface area contributed by atoms with Gasteiger partial charge in [-0.3, -0.25) is 9.59 Å². The van der Waals surface area contributed by atoms with Crippen LogP contribution in [0.25, 0.3) is 0 Å². The van der Waals surface area contributed by atoms with Gasteiger partial charge in [-0.15, -0.1) is 0 Å². The smallest absolute Gasteiger partial charge is 0.309 e. The maximum absolute atomic E-state index is 12.4. The van der Waals surface area contributed by atoms with E-state index in [1.54, 1.807) is 30.3 Å². The topological polar surface area (TPSA) is 175 Å². The van der Waals surface area contributed by atoms with Crippen LogP contribution in [0, 0.1) is 0 Å². The molecule has 6 N–H and O–H groups in total. The Labute approximate surface area is 200 Å². The SMILES string of the molecule is O=C(C[C@]1(O)C(=O)Nc2ccccc21)OC[C@H]1O[C@@H](OCCc2ccc(O)cc2)[C@H](O)[C@@H](O)[C@@H]1O. The van der Waals surface area contributed by atoms with Gasteiger partial charge >= 0.3 is 5.97 Å². The number of anilines is 1. The summed E-state index contributed by atoms with van der Waals surface area (Å²) in [6, 6.07) is 12.9. The monoisotopic (exact) mass is 489 g/mol. The van der Waals surface area contributed by atoms with E-state index in [-0.39, 0.29) is 17.9 Å². The van der Waals surface area contributed by atoms with E-state index >= 15 is 0 Å². The fourth-order valence-electron chi connectivity index (χ4n) is 4.06. The number of esters is 1. The molecular formula is C24H27NO10. The minimum atomic E-state index is -2.10. The summed E-state index contributed by atoms with van der Waals surface area (Å²) < 4.78 is 16.2. The van der Waals surface area contributed by atoms with Crippen molar-refractivity contribution in [2.75, 3.05) is 18.5 Å². The Balaban J connectivity index is 1.32. The largest absolute Gasteiger partial charge is 0.508 e. The van der Waals surface area contributed by atoms with Crippen molar-refractivity contribution < 1.29 is 49.3 Å². The number of amides is 1. The molecule has 1 saturated heterocycles. The molecular weight excluding hydrogens is 462 g/mol. The minimum Gasteiger partial charge on any atom is -0.508 e. The molecule has 4 rings (SSSR count). The number of benzene rings is 2. The Bertz CT molecular complexity index is 1060. The van der Waals surface area contributed by atoms with Crippen molar-refractivity contribution in [3.05, 3.63) is 59.7 Å². The van der Waals surface area contributed by atoms with E-state index in [0.717, 1.165) is 5.56 Å². The molecule has 11 heteroatoms. The molecule has 0 unspecified atom stereocenters. The molecule has 0 radical (unpaired) electrons. The van der Waals surface area contributed by atoms with Crippen molar-refractivity contribution in [3.8, 4) is 5.75 Å². The van der Waals surface area contributed by atoms with E-state index in [1.165, 1.54) is 18.2 Å². The van der Waals surface area contributed by atoms with Crippen LogP contribution in [0.1, 0.15) is 17.5 Å². The molecule has 0 spiro atoms. The third-order valence-corrected chi connectivity index (χ3v) is 6.08. The van der Waals surface area contributed by atoms with Crippen LogP contribution in [-0.2, 0) is 35.8 Å². The van der Waals surface area contributed by atoms with Crippen LogP contribution in [0.4, 0.5) is 5.69 Å². The van der Waals surface area contributed by atoms with Crippen molar-refractivity contribution in [2.45, 2.75) is 49.1 Å². The molecule has 1 amide bonds. The Morgan fingerprint density at radius 3 is 2.49 bits per heavy atom. The maximum Gasteiger partial charge on any atom is 0.309 e. The molecule has 0 aliphatic carbocycles. The second-order valence-electron chi connectivity index (χ2n) is 8.52. The number of aliphatic hydroxyl groups is 4. The summed E-state index contributed by atoms with van der Waals surface area (Å²) in [6.07, 6.45) is -7.52. The molecule has 0 aromatic heterocycles. The number of carbonyl (C=O) groups excluding carboxylic acids is 2. The molecule has 35 heavy (non-hydrogen) atoms. The molecule has 0 bridgehead atoms. The summed E-state index contributed by atoms with van der Waals surface area (Å²) in [5, 5.41) is 53.3. The van der Waals surface area contributed by atoms with E-state index in [0.29, 0.717) is 12.1 Å². The number of carbonyl (C=O) groups is 2. The molecule has 2 aromatic rings. The Hall–Kier alpha value is -3.06. The van der Waals surface area contributed by atoms with Gasteiger partial charge in [0.2, 0.25) is 0 Å². The van der Waals surface area contributed by atoms with Gasteiger partial charge in [0.1, 0.15) is 36.8 Å². The van der Waals surface area contributed by atoms with E-state index in [9.17, 15) is 35.1 Å². The zero-order valence-electron chi connectivity index (χ0n) is 18.6. The zero-order valence-corrected chi connectivity index (χ0v) is 18.6. The van der Waals surface area contributed by atoms with E-state index in [1.807, 2.05) is 0 Å². The minimum absolute atomic E-state index is 0.101. The average Bonchev–Trinajstić information content (AvgIpc) is 3.09. The Kier molecular flexibility index (Phi) is 7.36. The van der Waals surface area contributed by atoms with Crippen LogP contribution in [0.3, 0.4) is 0 Å². The number of phenols is 1. The number of hydrogen-bond donors (Lipinski definition) is 6. The molecule has 2 aromatic carbocycles. The lowest BCUT2D eigenvalue weighted by Gasteiger charge is -2.40. The number of hydrogen-bond acceptors (Lipinski definition) is 10. The molecule has 2 heterocycles. The summed E-state index contributed by atoms with van der Waals surface area (Å²) >= 11 is 0. The number of aliphatic hydroxyl groups excluding tert-OH is 3. The number of nitrogens with one attached hydrogen (secondary N) is 1. The summed E-state index contributed by atoms with van der Waals surface area (Å²) in [6.45, 7) is -0.412. The summed E-state index contributed by atoms with van der Waals surface area (Å²) in [7, 11) is 0. The number of phenolic OH excluding ortho intramolecular Hbond substituents is 1. The van der Waals surface area contributed by atoms with Crippen LogP contribution >= 0.6 is 0 Å². The first-order valence-corrected chi connectivity index (χ1v) is 11.1. The number of ether oxygens (including phenoxy) is 3. The van der Waals surface area contributed by atoms with E-state index < -0.39 is 61.2 Å². The number of para-hydroxylation sites is 1. The van der Waals surface area contributed by atoms with Gasteiger partial charge < -0.3 is 45.1 Å². The summed E-state index contributed by atoms with van der Waals surface area (Å²) in [5.41, 5.74) is -0.607. The van der Waals surface area contributed by atoms with Crippen molar-refractivity contribution in [1.29, 1.82) is 0 Å². The number of fused-ring (bicyclic) bond motifs is 1. The Morgan fingerprint density at radius 1 is 1.03 bits per heavy atom. The maximum atomic E-state index is 12.4. The van der Waals surface area contributed by atoms with Crippen LogP contribution in [-0.4, -0.2) is 81.3 Å². The average molecular weight is 489 g/mol. The van der Waals surface area contributed by atoms with E-state index in [2.05, 4.69) is 5.32 Å². The highest BCUT2D eigenvalue weighted by Gasteiger charge is 2.48. The highest BCUT2D eigenvalue weighted by atomic mass is 16.7. The van der Waals surface area contributed by atoms with Gasteiger partial charge in [-0.25, -0.2) is 0 Å². The van der Waals surface area contributed by atoms with Gasteiger partial charge in [-0.05, 0) is 30.2 Å². The van der Waals surface area contributed by atoms with Gasteiger partial charge in [-0.2, -0.15) is 0 Å². The third kappa shape index (κ3) is 5.30. The molecule has 2 aliphatic heterocycles. The zero-order chi connectivity index (χ0) is 25.2. The Morgan fingerprint density at radius 2 is 1.74 bits per heavy atom. The standard InChI is InChI=1S/C24H27NO10/c26-14-7-5-13(6-8-14)9-10-33-22-21(30)20(29)19(28)17(35-22)12-34-18(27)11-24(32)15-3-1-2-4-16(15)25-23(24)31/h1-8,17,19-22,26,28-30,32H,9-12H2,(H,25,31)/t17-,19-,20+,21-,22-,24-/m1/s1. The van der Waals surface area contributed by atoms with Gasteiger partial charge in [-0.1, -0.05) is 30.3 Å². The fraction of sp³-hybridized carbons (Fsp3) is 0.417. The highest BCUT2D eigenvalue weighted by molar-refractivity contribution is 6.06. The summed E-state index contributed by atoms with van der Waals surface area (Å²) in [4.78, 5) is 24.7. The molecule has 11 nitrogen and oxygen atoms in total. The summed E-state index contributed by atoms with van der Waals surface area (Å²) in [5.74, 6) is -1.56. The van der Waals surface area contributed by atoms with Crippen molar-refractivity contribution in [1.82, 2.24) is 0 Å². The predicted molar refractivity (Wildman–Crippen MR) is 119 cm³/mol. The quantitative estimate of drug-likeness (QED) is 0.266. The van der Waals surface area contributed by atoms with E-state index in [4.69, 9.17) is 14.2 Å². The predicted octanol–water partition coefficient (Wildman–Crippen LogP) is -0.468. The molecule has 188 valence electrons. The molecule has 0 saturated carbocycles. The first-order valence-electron chi connectivity index (χ1n) is 11.1. The molecule has 1 fully saturated rings. The first-order chi connectivity index (χ1) is 16.7. The van der Waals surface area contributed by atoms with Crippen molar-refractivity contribution in [3.63, 3.8) is 0 Å². The lowest BCUT2D eigenvalue weighted by Crippen LogP contribution is -2.59. The lowest BCUT2D eigenvalue weighted by molar-refractivity contribution is -0.301. The van der Waals surface area contributed by atoms with Gasteiger partial charge in [0, 0.05) is 11.3 Å². The van der Waals surface area contributed by atoms with Gasteiger partial charge in [0.15, 0.2) is 11.9 Å².